The second kappa shape index (κ2) is 13.7. The molecule has 31 heavy (non-hydrogen) atoms. The van der Waals surface area contributed by atoms with Crippen LogP contribution in [0.5, 0.6) is 5.75 Å². The second-order valence-electron chi connectivity index (χ2n) is 7.13. The lowest BCUT2D eigenvalue weighted by Crippen LogP contribution is -2.49. The quantitative estimate of drug-likeness (QED) is 0.465. The molecule has 0 radical (unpaired) electrons. The first-order valence-electron chi connectivity index (χ1n) is 10.7. The zero-order chi connectivity index (χ0) is 22.5. The highest BCUT2D eigenvalue weighted by Crippen LogP contribution is 2.23. The van der Waals surface area contributed by atoms with E-state index in [9.17, 15) is 9.59 Å². The van der Waals surface area contributed by atoms with E-state index in [1.54, 1.807) is 0 Å². The van der Waals surface area contributed by atoms with Gasteiger partial charge in [-0.25, -0.2) is 0 Å². The van der Waals surface area contributed by atoms with E-state index in [0.717, 1.165) is 35.8 Å². The van der Waals surface area contributed by atoms with Gasteiger partial charge in [0, 0.05) is 30.7 Å². The summed E-state index contributed by atoms with van der Waals surface area (Å²) >= 11 is 1.53. The van der Waals surface area contributed by atoms with Gasteiger partial charge in [-0.15, -0.1) is 11.8 Å². The highest BCUT2D eigenvalue weighted by Gasteiger charge is 2.19. The Labute approximate surface area is 189 Å². The summed E-state index contributed by atoms with van der Waals surface area (Å²) in [6.07, 6.45) is 0. The van der Waals surface area contributed by atoms with Crippen molar-refractivity contribution in [3.05, 3.63) is 60.2 Å². The highest BCUT2D eigenvalue weighted by atomic mass is 32.2. The van der Waals surface area contributed by atoms with Crippen molar-refractivity contribution in [1.29, 1.82) is 0 Å². The Morgan fingerprint density at radius 3 is 2.32 bits per heavy atom. The largest absolute Gasteiger partial charge is 0.489 e. The lowest BCUT2D eigenvalue weighted by Gasteiger charge is -2.20. The summed E-state index contributed by atoms with van der Waals surface area (Å²) in [4.78, 5) is 27.4. The summed E-state index contributed by atoms with van der Waals surface area (Å²) in [7, 11) is 0. The molecule has 0 bridgehead atoms. The Kier molecular flexibility index (Phi) is 11.0. The maximum Gasteiger partial charge on any atom is 0.243 e. The van der Waals surface area contributed by atoms with Gasteiger partial charge in [0.05, 0.1) is 0 Å². The molecule has 168 valence electrons. The number of benzene rings is 2. The van der Waals surface area contributed by atoms with E-state index >= 15 is 0 Å². The fourth-order valence-electron chi connectivity index (χ4n) is 2.98. The van der Waals surface area contributed by atoms with Crippen molar-refractivity contribution >= 4 is 23.6 Å². The van der Waals surface area contributed by atoms with E-state index in [0.29, 0.717) is 18.9 Å². The Morgan fingerprint density at radius 2 is 1.71 bits per heavy atom. The molecule has 0 fully saturated rings. The van der Waals surface area contributed by atoms with Gasteiger partial charge in [0.2, 0.25) is 11.8 Å². The van der Waals surface area contributed by atoms with Crippen LogP contribution in [0, 0.1) is 0 Å². The smallest absolute Gasteiger partial charge is 0.243 e. The molecule has 6 nitrogen and oxygen atoms in total. The molecule has 0 aliphatic heterocycles. The van der Waals surface area contributed by atoms with E-state index in [4.69, 9.17) is 4.74 Å². The standard InChI is InChI=1S/C24H33N3O3S/c1-4-27(5-2)16-15-25-24(29)23(26-19(3)28)18-31-22-13-11-21(12-14-22)30-17-20-9-7-6-8-10-20/h6-14,23H,4-5,15-18H2,1-3H3,(H,25,29)(H,26,28). The zero-order valence-corrected chi connectivity index (χ0v) is 19.4. The summed E-state index contributed by atoms with van der Waals surface area (Å²) in [5.74, 6) is 0.883. The number of likely N-dealkylation sites (N-methyl/N-ethyl adjacent to an activating group) is 1. The number of rotatable bonds is 13. The molecular weight excluding hydrogens is 410 g/mol. The molecule has 2 aromatic rings. The van der Waals surface area contributed by atoms with Crippen molar-refractivity contribution in [2.75, 3.05) is 31.9 Å². The fraction of sp³-hybridized carbons (Fsp3) is 0.417. The lowest BCUT2D eigenvalue weighted by molar-refractivity contribution is -0.127. The molecule has 1 atom stereocenters. The number of carbonyl (C=O) groups is 2. The van der Waals surface area contributed by atoms with Gasteiger partial charge in [-0.1, -0.05) is 44.2 Å². The van der Waals surface area contributed by atoms with Crippen LogP contribution in [0.15, 0.2) is 59.5 Å². The number of thioether (sulfide) groups is 1. The maximum absolute atomic E-state index is 12.6. The topological polar surface area (TPSA) is 70.7 Å². The van der Waals surface area contributed by atoms with E-state index in [1.807, 2.05) is 54.6 Å². The molecule has 2 amide bonds. The number of hydrogen-bond acceptors (Lipinski definition) is 5. The van der Waals surface area contributed by atoms with Crippen LogP contribution < -0.4 is 15.4 Å². The minimum atomic E-state index is -0.576. The van der Waals surface area contributed by atoms with Crippen LogP contribution >= 0.6 is 11.8 Å². The Morgan fingerprint density at radius 1 is 1.03 bits per heavy atom. The summed E-state index contributed by atoms with van der Waals surface area (Å²) < 4.78 is 5.81. The van der Waals surface area contributed by atoms with Crippen LogP contribution in [-0.4, -0.2) is 54.7 Å². The van der Waals surface area contributed by atoms with Gasteiger partial charge in [-0.2, -0.15) is 0 Å². The molecule has 0 aliphatic carbocycles. The van der Waals surface area contributed by atoms with Crippen LogP contribution in [0.1, 0.15) is 26.3 Å². The van der Waals surface area contributed by atoms with Crippen LogP contribution in [0.4, 0.5) is 0 Å². The third kappa shape index (κ3) is 9.44. The van der Waals surface area contributed by atoms with Crippen LogP contribution in [0.3, 0.4) is 0 Å². The monoisotopic (exact) mass is 443 g/mol. The maximum atomic E-state index is 12.6. The van der Waals surface area contributed by atoms with E-state index < -0.39 is 6.04 Å². The third-order valence-electron chi connectivity index (χ3n) is 4.80. The Hall–Kier alpha value is -2.51. The number of amides is 2. The van der Waals surface area contributed by atoms with Gasteiger partial charge in [-0.05, 0) is 42.9 Å². The summed E-state index contributed by atoms with van der Waals surface area (Å²) in [5.41, 5.74) is 1.12. The van der Waals surface area contributed by atoms with Crippen molar-refractivity contribution in [3.63, 3.8) is 0 Å². The van der Waals surface area contributed by atoms with E-state index in [1.165, 1.54) is 18.7 Å². The van der Waals surface area contributed by atoms with Gasteiger partial charge in [0.1, 0.15) is 18.4 Å². The minimum absolute atomic E-state index is 0.155. The van der Waals surface area contributed by atoms with Crippen molar-refractivity contribution < 1.29 is 14.3 Å². The molecule has 0 aromatic heterocycles. The summed E-state index contributed by atoms with van der Waals surface area (Å²) in [5, 5.41) is 5.69. The number of ether oxygens (including phenoxy) is 1. The molecule has 2 rings (SSSR count). The Bertz CT molecular complexity index is 795. The molecule has 0 heterocycles. The number of hydrogen-bond donors (Lipinski definition) is 2. The fourth-order valence-corrected chi connectivity index (χ4v) is 3.90. The number of nitrogens with zero attached hydrogens (tertiary/aromatic N) is 1. The van der Waals surface area contributed by atoms with Gasteiger partial charge in [0.25, 0.3) is 0 Å². The van der Waals surface area contributed by atoms with Gasteiger partial charge < -0.3 is 20.3 Å². The average Bonchev–Trinajstić information content (AvgIpc) is 2.79. The first-order valence-corrected chi connectivity index (χ1v) is 11.7. The molecule has 2 aromatic carbocycles. The normalized spacial score (nSPS) is 11.7. The predicted octanol–water partition coefficient (Wildman–Crippen LogP) is 3.32. The molecule has 0 saturated carbocycles. The van der Waals surface area contributed by atoms with Gasteiger partial charge in [0.15, 0.2) is 0 Å². The van der Waals surface area contributed by atoms with Gasteiger partial charge in [-0.3, -0.25) is 9.59 Å². The van der Waals surface area contributed by atoms with Crippen LogP contribution in [0.2, 0.25) is 0 Å². The summed E-state index contributed by atoms with van der Waals surface area (Å²) in [6, 6.07) is 17.2. The average molecular weight is 444 g/mol. The number of nitrogens with one attached hydrogen (secondary N) is 2. The first kappa shape index (κ1) is 24.8. The van der Waals surface area contributed by atoms with Crippen molar-refractivity contribution in [2.45, 2.75) is 38.3 Å². The molecule has 0 saturated heterocycles. The molecular formula is C24H33N3O3S. The molecule has 1 unspecified atom stereocenters. The molecule has 0 aliphatic rings. The summed E-state index contributed by atoms with van der Waals surface area (Å²) in [6.45, 7) is 9.40. The van der Waals surface area contributed by atoms with E-state index in [2.05, 4.69) is 29.4 Å². The van der Waals surface area contributed by atoms with Gasteiger partial charge >= 0.3 is 0 Å². The highest BCUT2D eigenvalue weighted by molar-refractivity contribution is 7.99. The minimum Gasteiger partial charge on any atom is -0.489 e. The molecule has 7 heteroatoms. The number of carbonyl (C=O) groups excluding carboxylic acids is 2. The van der Waals surface area contributed by atoms with Crippen LogP contribution in [-0.2, 0) is 16.2 Å². The van der Waals surface area contributed by atoms with Crippen molar-refractivity contribution in [1.82, 2.24) is 15.5 Å². The SMILES string of the molecule is CCN(CC)CCNC(=O)C(CSc1ccc(OCc2ccccc2)cc1)NC(C)=O. The van der Waals surface area contributed by atoms with Crippen molar-refractivity contribution in [2.24, 2.45) is 0 Å². The first-order chi connectivity index (χ1) is 15.0. The molecule has 0 spiro atoms. The lowest BCUT2D eigenvalue weighted by atomic mass is 10.2. The Balaban J connectivity index is 1.83. The van der Waals surface area contributed by atoms with E-state index in [-0.39, 0.29) is 11.8 Å². The van der Waals surface area contributed by atoms with Crippen LogP contribution in [0.25, 0.3) is 0 Å². The van der Waals surface area contributed by atoms with Crippen molar-refractivity contribution in [3.8, 4) is 5.75 Å². The third-order valence-corrected chi connectivity index (χ3v) is 5.91. The molecule has 2 N–H and O–H groups in total. The second-order valence-corrected chi connectivity index (χ2v) is 8.22. The predicted molar refractivity (Wildman–Crippen MR) is 126 cm³/mol. The zero-order valence-electron chi connectivity index (χ0n) is 18.6.